The summed E-state index contributed by atoms with van der Waals surface area (Å²) in [4.78, 5) is 0. The van der Waals surface area contributed by atoms with Crippen molar-refractivity contribution in [3.63, 3.8) is 0 Å². The molecule has 0 aliphatic carbocycles. The average molecular weight is 209 g/mol. The van der Waals surface area contributed by atoms with Crippen LogP contribution in [0.15, 0.2) is 23.0 Å². The standard InChI is InChI=1S/C12H19NO2/c1-2-5-13-11-4-7-15-12(8-11)10-3-6-14-9-10/h3,6,9,11-13H,2,4-5,7-8H2,1H3. The van der Waals surface area contributed by atoms with Crippen LogP contribution in [0, 0.1) is 0 Å². The van der Waals surface area contributed by atoms with Crippen molar-refractivity contribution < 1.29 is 9.15 Å². The first-order valence-electron chi connectivity index (χ1n) is 5.77. The highest BCUT2D eigenvalue weighted by atomic mass is 16.5. The molecule has 0 aromatic carbocycles. The maximum Gasteiger partial charge on any atom is 0.0960 e. The molecule has 2 rings (SSSR count). The largest absolute Gasteiger partial charge is 0.472 e. The fraction of sp³-hybridized carbons (Fsp3) is 0.667. The number of furan rings is 1. The van der Waals surface area contributed by atoms with Crippen molar-refractivity contribution in [2.24, 2.45) is 0 Å². The maximum absolute atomic E-state index is 5.73. The summed E-state index contributed by atoms with van der Waals surface area (Å²) < 4.78 is 10.8. The van der Waals surface area contributed by atoms with E-state index in [0.717, 1.165) is 31.6 Å². The van der Waals surface area contributed by atoms with Crippen LogP contribution in [0.1, 0.15) is 37.9 Å². The van der Waals surface area contributed by atoms with Crippen LogP contribution in [0.25, 0.3) is 0 Å². The van der Waals surface area contributed by atoms with Gasteiger partial charge in [-0.3, -0.25) is 0 Å². The molecule has 15 heavy (non-hydrogen) atoms. The van der Waals surface area contributed by atoms with Crippen molar-refractivity contribution in [1.29, 1.82) is 0 Å². The van der Waals surface area contributed by atoms with E-state index in [1.165, 1.54) is 6.42 Å². The fourth-order valence-corrected chi connectivity index (χ4v) is 2.02. The van der Waals surface area contributed by atoms with Gasteiger partial charge in [0.2, 0.25) is 0 Å². The molecule has 0 bridgehead atoms. The van der Waals surface area contributed by atoms with Crippen molar-refractivity contribution in [1.82, 2.24) is 5.32 Å². The molecule has 2 heterocycles. The van der Waals surface area contributed by atoms with Gasteiger partial charge in [-0.25, -0.2) is 0 Å². The van der Waals surface area contributed by atoms with Crippen LogP contribution in [0.4, 0.5) is 0 Å². The molecule has 0 spiro atoms. The van der Waals surface area contributed by atoms with E-state index in [-0.39, 0.29) is 6.10 Å². The van der Waals surface area contributed by atoms with Gasteiger partial charge in [-0.2, -0.15) is 0 Å². The summed E-state index contributed by atoms with van der Waals surface area (Å²) in [6.07, 6.45) is 7.07. The first-order valence-corrected chi connectivity index (χ1v) is 5.77. The van der Waals surface area contributed by atoms with Crippen LogP contribution in [0.5, 0.6) is 0 Å². The van der Waals surface area contributed by atoms with Crippen LogP contribution in [-0.4, -0.2) is 19.2 Å². The van der Waals surface area contributed by atoms with Gasteiger partial charge < -0.3 is 14.5 Å². The number of rotatable bonds is 4. The summed E-state index contributed by atoms with van der Waals surface area (Å²) in [7, 11) is 0. The van der Waals surface area contributed by atoms with E-state index in [4.69, 9.17) is 9.15 Å². The predicted molar refractivity (Wildman–Crippen MR) is 58.7 cm³/mol. The quantitative estimate of drug-likeness (QED) is 0.827. The van der Waals surface area contributed by atoms with Crippen molar-refractivity contribution in [2.75, 3.05) is 13.2 Å². The van der Waals surface area contributed by atoms with Crippen LogP contribution < -0.4 is 5.32 Å². The third kappa shape index (κ3) is 2.83. The number of hydrogen-bond acceptors (Lipinski definition) is 3. The van der Waals surface area contributed by atoms with Crippen LogP contribution in [0.2, 0.25) is 0 Å². The lowest BCUT2D eigenvalue weighted by Gasteiger charge is -2.29. The lowest BCUT2D eigenvalue weighted by molar-refractivity contribution is 0.0000564. The van der Waals surface area contributed by atoms with E-state index < -0.39 is 0 Å². The minimum Gasteiger partial charge on any atom is -0.472 e. The molecule has 3 nitrogen and oxygen atoms in total. The lowest BCUT2D eigenvalue weighted by atomic mass is 9.99. The van der Waals surface area contributed by atoms with E-state index in [1.54, 1.807) is 12.5 Å². The minimum atomic E-state index is 0.215. The van der Waals surface area contributed by atoms with Crippen molar-refractivity contribution >= 4 is 0 Å². The van der Waals surface area contributed by atoms with Gasteiger partial charge in [0.25, 0.3) is 0 Å². The summed E-state index contributed by atoms with van der Waals surface area (Å²) >= 11 is 0. The maximum atomic E-state index is 5.73. The zero-order chi connectivity index (χ0) is 10.5. The highest BCUT2D eigenvalue weighted by Gasteiger charge is 2.23. The molecule has 0 radical (unpaired) electrons. The van der Waals surface area contributed by atoms with E-state index in [0.29, 0.717) is 6.04 Å². The molecule has 84 valence electrons. The topological polar surface area (TPSA) is 34.4 Å². The Morgan fingerprint density at radius 1 is 1.53 bits per heavy atom. The highest BCUT2D eigenvalue weighted by molar-refractivity contribution is 5.10. The summed E-state index contributed by atoms with van der Waals surface area (Å²) in [6.45, 7) is 4.14. The average Bonchev–Trinajstić information content (AvgIpc) is 2.80. The van der Waals surface area contributed by atoms with Gasteiger partial charge in [0.05, 0.1) is 18.6 Å². The Morgan fingerprint density at radius 3 is 3.20 bits per heavy atom. The smallest absolute Gasteiger partial charge is 0.0960 e. The first kappa shape index (κ1) is 10.7. The molecule has 1 saturated heterocycles. The molecule has 1 aromatic rings. The summed E-state index contributed by atoms with van der Waals surface area (Å²) in [5.74, 6) is 0. The molecule has 1 aliphatic rings. The van der Waals surface area contributed by atoms with E-state index >= 15 is 0 Å². The van der Waals surface area contributed by atoms with Crippen LogP contribution in [0.3, 0.4) is 0 Å². The molecule has 3 heteroatoms. The Labute approximate surface area is 90.8 Å². The SMILES string of the molecule is CCCNC1CCOC(c2ccoc2)C1. The molecule has 1 aliphatic heterocycles. The van der Waals surface area contributed by atoms with Crippen LogP contribution in [-0.2, 0) is 4.74 Å². The molecular formula is C12H19NO2. The molecule has 0 saturated carbocycles. The Balaban J connectivity index is 1.87. The second kappa shape index (κ2) is 5.33. The zero-order valence-corrected chi connectivity index (χ0v) is 9.24. The summed E-state index contributed by atoms with van der Waals surface area (Å²) in [5.41, 5.74) is 1.16. The molecule has 1 N–H and O–H groups in total. The second-order valence-electron chi connectivity index (χ2n) is 4.09. The fourth-order valence-electron chi connectivity index (χ4n) is 2.02. The third-order valence-electron chi connectivity index (χ3n) is 2.88. The molecule has 0 amide bonds. The number of nitrogens with one attached hydrogen (secondary N) is 1. The van der Waals surface area contributed by atoms with Gasteiger partial charge >= 0.3 is 0 Å². The molecule has 1 aromatic heterocycles. The van der Waals surface area contributed by atoms with E-state index in [9.17, 15) is 0 Å². The van der Waals surface area contributed by atoms with Gasteiger partial charge in [-0.1, -0.05) is 6.92 Å². The van der Waals surface area contributed by atoms with Gasteiger partial charge in [-0.15, -0.1) is 0 Å². The van der Waals surface area contributed by atoms with Gasteiger partial charge in [0.15, 0.2) is 0 Å². The second-order valence-corrected chi connectivity index (χ2v) is 4.09. The zero-order valence-electron chi connectivity index (χ0n) is 9.24. The molecule has 2 unspecified atom stereocenters. The van der Waals surface area contributed by atoms with Crippen LogP contribution >= 0.6 is 0 Å². The Kier molecular flexibility index (Phi) is 3.80. The Morgan fingerprint density at radius 2 is 2.47 bits per heavy atom. The molecule has 2 atom stereocenters. The minimum absolute atomic E-state index is 0.215. The Bertz CT molecular complexity index is 271. The number of hydrogen-bond donors (Lipinski definition) is 1. The van der Waals surface area contributed by atoms with E-state index in [2.05, 4.69) is 12.2 Å². The number of ether oxygens (including phenoxy) is 1. The van der Waals surface area contributed by atoms with Gasteiger partial charge in [-0.05, 0) is 31.9 Å². The van der Waals surface area contributed by atoms with Crippen molar-refractivity contribution in [3.8, 4) is 0 Å². The summed E-state index contributed by atoms with van der Waals surface area (Å²) in [5, 5.41) is 3.55. The van der Waals surface area contributed by atoms with Crippen molar-refractivity contribution in [3.05, 3.63) is 24.2 Å². The first-order chi connectivity index (χ1) is 7.40. The molecular weight excluding hydrogens is 190 g/mol. The lowest BCUT2D eigenvalue weighted by Crippen LogP contribution is -2.36. The predicted octanol–water partition coefficient (Wildman–Crippen LogP) is 2.50. The van der Waals surface area contributed by atoms with E-state index in [1.807, 2.05) is 6.07 Å². The van der Waals surface area contributed by atoms with Crippen molar-refractivity contribution in [2.45, 2.75) is 38.3 Å². The third-order valence-corrected chi connectivity index (χ3v) is 2.88. The Hall–Kier alpha value is -0.800. The van der Waals surface area contributed by atoms with Gasteiger partial charge in [0.1, 0.15) is 0 Å². The normalized spacial score (nSPS) is 26.7. The van der Waals surface area contributed by atoms with Gasteiger partial charge in [0, 0.05) is 18.2 Å². The summed E-state index contributed by atoms with van der Waals surface area (Å²) in [6, 6.07) is 2.59. The molecule has 1 fully saturated rings. The monoisotopic (exact) mass is 209 g/mol. The highest BCUT2D eigenvalue weighted by Crippen LogP contribution is 2.28.